The van der Waals surface area contributed by atoms with Crippen molar-refractivity contribution in [3.63, 3.8) is 0 Å². The number of amides is 1. The van der Waals surface area contributed by atoms with Crippen molar-refractivity contribution in [2.24, 2.45) is 16.9 Å². The Morgan fingerprint density at radius 3 is 2.43 bits per heavy atom. The fourth-order valence-corrected chi connectivity index (χ4v) is 4.06. The zero-order valence-electron chi connectivity index (χ0n) is 15.8. The van der Waals surface area contributed by atoms with Crippen molar-refractivity contribution in [3.05, 3.63) is 65.2 Å². The van der Waals surface area contributed by atoms with Crippen LogP contribution in [0.25, 0.3) is 0 Å². The van der Waals surface area contributed by atoms with Gasteiger partial charge in [-0.25, -0.2) is 0 Å². The molecule has 1 aliphatic carbocycles. The Kier molecular flexibility index (Phi) is 5.09. The molecular weight excluding hydrogens is 376 g/mol. The third kappa shape index (κ3) is 3.16. The van der Waals surface area contributed by atoms with Crippen LogP contribution in [-0.4, -0.2) is 25.8 Å². The summed E-state index contributed by atoms with van der Waals surface area (Å²) in [5, 5.41) is 6.71. The van der Waals surface area contributed by atoms with Crippen LogP contribution in [0.15, 0.2) is 59.7 Å². The van der Waals surface area contributed by atoms with Gasteiger partial charge in [0.25, 0.3) is 5.91 Å². The summed E-state index contributed by atoms with van der Waals surface area (Å²) in [6, 6.07) is 13.0. The number of methoxy groups -OCH3 is 2. The molecule has 0 radical (unpaired) electrons. The number of hydrogen-bond acceptors (Lipinski definition) is 4. The van der Waals surface area contributed by atoms with Crippen LogP contribution in [0.5, 0.6) is 11.5 Å². The van der Waals surface area contributed by atoms with Crippen LogP contribution in [0.1, 0.15) is 18.4 Å². The van der Waals surface area contributed by atoms with E-state index in [9.17, 15) is 4.79 Å². The number of para-hydroxylation sites is 1. The molecule has 1 aliphatic heterocycles. The fourth-order valence-electron chi connectivity index (χ4n) is 3.84. The number of benzene rings is 2. The van der Waals surface area contributed by atoms with Crippen LogP contribution in [0.4, 0.5) is 5.69 Å². The Morgan fingerprint density at radius 1 is 1.00 bits per heavy atom. The quantitative estimate of drug-likeness (QED) is 0.704. The lowest BCUT2D eigenvalue weighted by molar-refractivity contribution is -0.123. The van der Waals surface area contributed by atoms with Crippen molar-refractivity contribution in [1.29, 1.82) is 0 Å². The number of ether oxygens (including phenoxy) is 2. The maximum atomic E-state index is 13.2. The standard InChI is InChI=1S/C22H21ClN2O3/c1-27-19-12-11-14(13-20(19)28-2)21-15-7-3-4-8-16(15)22(26)25(24-21)18-10-6-5-9-17(18)23/h3-6,9-13,15-16H,7-8H2,1-2H3/t15-,16+/m1/s1. The van der Waals surface area contributed by atoms with Gasteiger partial charge in [-0.1, -0.05) is 35.9 Å². The molecular formula is C22H21ClN2O3. The molecule has 5 nitrogen and oxygen atoms in total. The summed E-state index contributed by atoms with van der Waals surface area (Å²) in [7, 11) is 3.21. The molecule has 0 N–H and O–H groups in total. The van der Waals surface area contributed by atoms with Crippen LogP contribution < -0.4 is 14.5 Å². The lowest BCUT2D eigenvalue weighted by Crippen LogP contribution is -2.45. The molecule has 1 amide bonds. The van der Waals surface area contributed by atoms with E-state index in [1.54, 1.807) is 20.3 Å². The highest BCUT2D eigenvalue weighted by molar-refractivity contribution is 6.34. The third-order valence-electron chi connectivity index (χ3n) is 5.28. The molecule has 4 rings (SSSR count). The second-order valence-electron chi connectivity index (χ2n) is 6.81. The molecule has 2 atom stereocenters. The van der Waals surface area contributed by atoms with Crippen molar-refractivity contribution < 1.29 is 14.3 Å². The van der Waals surface area contributed by atoms with Gasteiger partial charge in [0.2, 0.25) is 0 Å². The summed E-state index contributed by atoms with van der Waals surface area (Å²) < 4.78 is 10.8. The zero-order chi connectivity index (χ0) is 19.7. The third-order valence-corrected chi connectivity index (χ3v) is 5.60. The molecule has 144 valence electrons. The zero-order valence-corrected chi connectivity index (χ0v) is 16.5. The average Bonchev–Trinajstić information content (AvgIpc) is 2.74. The van der Waals surface area contributed by atoms with Gasteiger partial charge in [-0.15, -0.1) is 0 Å². The monoisotopic (exact) mass is 396 g/mol. The van der Waals surface area contributed by atoms with Gasteiger partial charge >= 0.3 is 0 Å². The summed E-state index contributed by atoms with van der Waals surface area (Å²) in [6.45, 7) is 0. The van der Waals surface area contributed by atoms with Gasteiger partial charge in [0.05, 0.1) is 36.6 Å². The van der Waals surface area contributed by atoms with E-state index >= 15 is 0 Å². The summed E-state index contributed by atoms with van der Waals surface area (Å²) in [4.78, 5) is 13.2. The lowest BCUT2D eigenvalue weighted by atomic mass is 9.76. The number of anilines is 1. The fraction of sp³-hybridized carbons (Fsp3) is 0.273. The summed E-state index contributed by atoms with van der Waals surface area (Å²) in [6.07, 6.45) is 5.66. The normalized spacial score (nSPS) is 21.2. The first-order valence-corrected chi connectivity index (χ1v) is 9.56. The summed E-state index contributed by atoms with van der Waals surface area (Å²) >= 11 is 6.37. The van der Waals surface area contributed by atoms with Crippen molar-refractivity contribution in [3.8, 4) is 11.5 Å². The van der Waals surface area contributed by atoms with Crippen molar-refractivity contribution in [1.82, 2.24) is 0 Å². The number of halogens is 1. The number of allylic oxidation sites excluding steroid dienone is 2. The Labute approximate surface area is 169 Å². The second kappa shape index (κ2) is 7.68. The minimum atomic E-state index is -0.165. The molecule has 28 heavy (non-hydrogen) atoms. The first-order valence-electron chi connectivity index (χ1n) is 9.18. The van der Waals surface area contributed by atoms with Gasteiger partial charge < -0.3 is 9.47 Å². The smallest absolute Gasteiger partial charge is 0.251 e. The van der Waals surface area contributed by atoms with E-state index in [0.29, 0.717) is 28.6 Å². The second-order valence-corrected chi connectivity index (χ2v) is 7.22. The molecule has 0 saturated carbocycles. The van der Waals surface area contributed by atoms with E-state index in [4.69, 9.17) is 26.2 Å². The van der Waals surface area contributed by atoms with Gasteiger partial charge in [-0.2, -0.15) is 10.1 Å². The molecule has 1 heterocycles. The summed E-state index contributed by atoms with van der Waals surface area (Å²) in [5.74, 6) is 1.12. The van der Waals surface area contributed by atoms with E-state index in [1.807, 2.05) is 36.4 Å². The Bertz CT molecular complexity index is 970. The molecule has 0 spiro atoms. The van der Waals surface area contributed by atoms with Gasteiger partial charge in [-0.05, 0) is 43.2 Å². The van der Waals surface area contributed by atoms with E-state index in [0.717, 1.165) is 17.7 Å². The number of carbonyl (C=O) groups excluding carboxylic acids is 1. The van der Waals surface area contributed by atoms with E-state index in [-0.39, 0.29) is 17.7 Å². The topological polar surface area (TPSA) is 51.1 Å². The average molecular weight is 397 g/mol. The van der Waals surface area contributed by atoms with Crippen LogP contribution in [-0.2, 0) is 4.79 Å². The number of hydrogen-bond donors (Lipinski definition) is 0. The molecule has 2 aromatic carbocycles. The van der Waals surface area contributed by atoms with Crippen molar-refractivity contribution in [2.75, 3.05) is 19.2 Å². The molecule has 0 aromatic heterocycles. The highest BCUT2D eigenvalue weighted by Crippen LogP contribution is 2.39. The summed E-state index contributed by atoms with van der Waals surface area (Å²) in [5.41, 5.74) is 2.36. The molecule has 0 unspecified atom stereocenters. The minimum Gasteiger partial charge on any atom is -0.493 e. The van der Waals surface area contributed by atoms with Crippen molar-refractivity contribution >= 4 is 28.9 Å². The molecule has 0 bridgehead atoms. The van der Waals surface area contributed by atoms with Crippen LogP contribution >= 0.6 is 11.6 Å². The van der Waals surface area contributed by atoms with Crippen LogP contribution in [0.3, 0.4) is 0 Å². The molecule has 0 saturated heterocycles. The highest BCUT2D eigenvalue weighted by Gasteiger charge is 2.41. The van der Waals surface area contributed by atoms with Gasteiger partial charge in [0, 0.05) is 11.5 Å². The molecule has 2 aliphatic rings. The van der Waals surface area contributed by atoms with Gasteiger partial charge in [0.15, 0.2) is 11.5 Å². The Balaban J connectivity index is 1.85. The maximum absolute atomic E-state index is 13.2. The number of hydrazone groups is 1. The largest absolute Gasteiger partial charge is 0.493 e. The first-order chi connectivity index (χ1) is 13.6. The predicted molar refractivity (Wildman–Crippen MR) is 110 cm³/mol. The maximum Gasteiger partial charge on any atom is 0.251 e. The number of rotatable bonds is 4. The number of carbonyl (C=O) groups is 1. The molecule has 2 aromatic rings. The van der Waals surface area contributed by atoms with E-state index < -0.39 is 0 Å². The van der Waals surface area contributed by atoms with Crippen molar-refractivity contribution in [2.45, 2.75) is 12.8 Å². The molecule has 6 heteroatoms. The number of nitrogens with zero attached hydrogens (tertiary/aromatic N) is 2. The minimum absolute atomic E-state index is 0.0216. The van der Waals surface area contributed by atoms with Crippen LogP contribution in [0, 0.1) is 11.8 Å². The van der Waals surface area contributed by atoms with E-state index in [2.05, 4.69) is 12.2 Å². The Hall–Kier alpha value is -2.79. The highest BCUT2D eigenvalue weighted by atomic mass is 35.5. The SMILES string of the molecule is COc1ccc(C2=NN(c3ccccc3Cl)C(=O)[C@H]3CC=CC[C@@H]23)cc1OC. The predicted octanol–water partition coefficient (Wildman–Crippen LogP) is 4.69. The van der Waals surface area contributed by atoms with E-state index in [1.165, 1.54) is 5.01 Å². The Morgan fingerprint density at radius 2 is 1.71 bits per heavy atom. The van der Waals surface area contributed by atoms with Gasteiger partial charge in [0.1, 0.15) is 0 Å². The first kappa shape index (κ1) is 18.6. The molecule has 0 fully saturated rings. The lowest BCUT2D eigenvalue weighted by Gasteiger charge is -2.37. The number of fused-ring (bicyclic) bond motifs is 1. The van der Waals surface area contributed by atoms with Crippen LogP contribution in [0.2, 0.25) is 5.02 Å². The van der Waals surface area contributed by atoms with Gasteiger partial charge in [-0.3, -0.25) is 4.79 Å².